The summed E-state index contributed by atoms with van der Waals surface area (Å²) in [4.78, 5) is 2.54. The number of likely N-dealkylation sites (tertiary alicyclic amines) is 1. The molecule has 3 nitrogen and oxygen atoms in total. The lowest BCUT2D eigenvalue weighted by molar-refractivity contribution is 0.218. The van der Waals surface area contributed by atoms with Gasteiger partial charge in [0.25, 0.3) is 0 Å². The van der Waals surface area contributed by atoms with E-state index in [4.69, 9.17) is 10.5 Å². The molecule has 0 radical (unpaired) electrons. The van der Waals surface area contributed by atoms with Crippen LogP contribution >= 0.6 is 0 Å². The van der Waals surface area contributed by atoms with Gasteiger partial charge in [-0.15, -0.1) is 0 Å². The van der Waals surface area contributed by atoms with Gasteiger partial charge in [-0.1, -0.05) is 18.6 Å². The normalized spacial score (nSPS) is 16.5. The molecule has 0 aliphatic carbocycles. The van der Waals surface area contributed by atoms with E-state index < -0.39 is 0 Å². The van der Waals surface area contributed by atoms with Gasteiger partial charge < -0.3 is 10.5 Å². The highest BCUT2D eigenvalue weighted by molar-refractivity contribution is 5.37. The number of nitrogens with two attached hydrogens (primary N) is 1. The minimum Gasteiger partial charge on any atom is -0.496 e. The van der Waals surface area contributed by atoms with Crippen LogP contribution in [0.4, 0.5) is 0 Å². The molecule has 2 rings (SSSR count). The topological polar surface area (TPSA) is 38.5 Å². The van der Waals surface area contributed by atoms with Crippen molar-refractivity contribution < 1.29 is 4.74 Å². The number of benzene rings is 1. The van der Waals surface area contributed by atoms with E-state index in [1.54, 1.807) is 7.11 Å². The predicted octanol–water partition coefficient (Wildman–Crippen LogP) is 2.57. The zero-order valence-electron chi connectivity index (χ0n) is 12.0. The average molecular weight is 262 g/mol. The van der Waals surface area contributed by atoms with Gasteiger partial charge in [0.2, 0.25) is 0 Å². The number of hydrogen-bond donors (Lipinski definition) is 1. The molecular formula is C16H26N2O. The van der Waals surface area contributed by atoms with E-state index in [1.807, 2.05) is 0 Å². The molecule has 1 aromatic rings. The minimum atomic E-state index is 0.757. The number of aryl methyl sites for hydroxylation is 1. The molecule has 0 atom stereocenters. The maximum atomic E-state index is 5.59. The third kappa shape index (κ3) is 4.22. The van der Waals surface area contributed by atoms with E-state index in [1.165, 1.54) is 43.5 Å². The molecular weight excluding hydrogens is 236 g/mol. The predicted molar refractivity (Wildman–Crippen MR) is 79.5 cm³/mol. The highest BCUT2D eigenvalue weighted by Crippen LogP contribution is 2.23. The van der Waals surface area contributed by atoms with Gasteiger partial charge in [0, 0.05) is 12.1 Å². The van der Waals surface area contributed by atoms with Gasteiger partial charge in [-0.3, -0.25) is 4.90 Å². The van der Waals surface area contributed by atoms with Crippen LogP contribution in [-0.2, 0) is 13.0 Å². The van der Waals surface area contributed by atoms with Gasteiger partial charge in [-0.25, -0.2) is 0 Å². The minimum absolute atomic E-state index is 0.757. The standard InChI is InChI=1S/C16H26N2O/c1-19-16-8-7-14(6-5-9-17)12-15(16)13-18-10-3-2-4-11-18/h7-8,12H,2-6,9-11,13,17H2,1H3. The first-order chi connectivity index (χ1) is 9.33. The number of hydrogen-bond acceptors (Lipinski definition) is 3. The van der Waals surface area contributed by atoms with E-state index in [9.17, 15) is 0 Å². The van der Waals surface area contributed by atoms with Crippen LogP contribution in [0.2, 0.25) is 0 Å². The fourth-order valence-electron chi connectivity index (χ4n) is 2.78. The van der Waals surface area contributed by atoms with E-state index in [0.717, 1.165) is 31.7 Å². The number of methoxy groups -OCH3 is 1. The molecule has 3 heteroatoms. The Hall–Kier alpha value is -1.06. The maximum Gasteiger partial charge on any atom is 0.123 e. The molecule has 0 spiro atoms. The smallest absolute Gasteiger partial charge is 0.123 e. The van der Waals surface area contributed by atoms with E-state index in [0.29, 0.717) is 0 Å². The van der Waals surface area contributed by atoms with Crippen molar-refractivity contribution in [1.29, 1.82) is 0 Å². The van der Waals surface area contributed by atoms with Crippen LogP contribution in [0.5, 0.6) is 5.75 Å². The van der Waals surface area contributed by atoms with Crippen molar-refractivity contribution in [3.05, 3.63) is 29.3 Å². The van der Waals surface area contributed by atoms with Gasteiger partial charge in [0.15, 0.2) is 0 Å². The molecule has 106 valence electrons. The summed E-state index contributed by atoms with van der Waals surface area (Å²) in [7, 11) is 1.76. The van der Waals surface area contributed by atoms with Crippen molar-refractivity contribution >= 4 is 0 Å². The second-order valence-corrected chi connectivity index (χ2v) is 5.38. The Morgan fingerprint density at radius 2 is 2.00 bits per heavy atom. The van der Waals surface area contributed by atoms with Crippen molar-refractivity contribution in [2.75, 3.05) is 26.7 Å². The Kier molecular flexibility index (Phi) is 5.67. The van der Waals surface area contributed by atoms with Crippen molar-refractivity contribution in [2.45, 2.75) is 38.6 Å². The molecule has 1 aliphatic rings. The number of rotatable bonds is 6. The monoisotopic (exact) mass is 262 g/mol. The Labute approximate surface area is 116 Å². The van der Waals surface area contributed by atoms with Crippen LogP contribution in [0.3, 0.4) is 0 Å². The van der Waals surface area contributed by atoms with Gasteiger partial charge in [0.05, 0.1) is 7.11 Å². The molecule has 1 saturated heterocycles. The Balaban J connectivity index is 2.06. The summed E-state index contributed by atoms with van der Waals surface area (Å²) in [5.41, 5.74) is 8.28. The molecule has 19 heavy (non-hydrogen) atoms. The lowest BCUT2D eigenvalue weighted by atomic mass is 10.0. The van der Waals surface area contributed by atoms with Gasteiger partial charge in [0.1, 0.15) is 5.75 Å². The molecule has 1 aliphatic heterocycles. The lowest BCUT2D eigenvalue weighted by Crippen LogP contribution is -2.29. The van der Waals surface area contributed by atoms with Crippen molar-refractivity contribution in [3.8, 4) is 5.75 Å². The second kappa shape index (κ2) is 7.51. The van der Waals surface area contributed by atoms with Gasteiger partial charge >= 0.3 is 0 Å². The van der Waals surface area contributed by atoms with Gasteiger partial charge in [-0.2, -0.15) is 0 Å². The highest BCUT2D eigenvalue weighted by Gasteiger charge is 2.13. The van der Waals surface area contributed by atoms with Gasteiger partial charge in [-0.05, 0) is 56.9 Å². The number of ether oxygens (including phenoxy) is 1. The largest absolute Gasteiger partial charge is 0.496 e. The molecule has 0 amide bonds. The summed E-state index contributed by atoms with van der Waals surface area (Å²) < 4.78 is 5.49. The van der Waals surface area contributed by atoms with Crippen molar-refractivity contribution in [2.24, 2.45) is 5.73 Å². The summed E-state index contributed by atoms with van der Waals surface area (Å²) >= 11 is 0. The van der Waals surface area contributed by atoms with Crippen molar-refractivity contribution in [3.63, 3.8) is 0 Å². The van der Waals surface area contributed by atoms with E-state index in [-0.39, 0.29) is 0 Å². The molecule has 0 saturated carbocycles. The Morgan fingerprint density at radius 3 is 2.68 bits per heavy atom. The van der Waals surface area contributed by atoms with Crippen LogP contribution in [0.15, 0.2) is 18.2 Å². The zero-order valence-corrected chi connectivity index (χ0v) is 12.0. The molecule has 0 bridgehead atoms. The summed E-state index contributed by atoms with van der Waals surface area (Å²) in [6.45, 7) is 4.21. The first-order valence-corrected chi connectivity index (χ1v) is 7.41. The SMILES string of the molecule is COc1ccc(CCCN)cc1CN1CCCCC1. The molecule has 1 heterocycles. The van der Waals surface area contributed by atoms with Crippen LogP contribution in [-0.4, -0.2) is 31.6 Å². The summed E-state index contributed by atoms with van der Waals surface area (Å²) in [6, 6.07) is 6.56. The van der Waals surface area contributed by atoms with E-state index in [2.05, 4.69) is 23.1 Å². The van der Waals surface area contributed by atoms with Crippen LogP contribution < -0.4 is 10.5 Å². The van der Waals surface area contributed by atoms with Crippen LogP contribution in [0.1, 0.15) is 36.8 Å². The molecule has 0 unspecified atom stereocenters. The number of nitrogens with zero attached hydrogens (tertiary/aromatic N) is 1. The highest BCUT2D eigenvalue weighted by atomic mass is 16.5. The van der Waals surface area contributed by atoms with Crippen LogP contribution in [0, 0.1) is 0 Å². The Morgan fingerprint density at radius 1 is 1.21 bits per heavy atom. The van der Waals surface area contributed by atoms with Crippen molar-refractivity contribution in [1.82, 2.24) is 4.90 Å². The third-order valence-electron chi connectivity index (χ3n) is 3.86. The molecule has 1 fully saturated rings. The summed E-state index contributed by atoms with van der Waals surface area (Å²) in [5, 5.41) is 0. The summed E-state index contributed by atoms with van der Waals surface area (Å²) in [6.07, 6.45) is 6.15. The zero-order chi connectivity index (χ0) is 13.5. The number of piperidine rings is 1. The lowest BCUT2D eigenvalue weighted by Gasteiger charge is -2.27. The fourth-order valence-corrected chi connectivity index (χ4v) is 2.78. The first kappa shape index (κ1) is 14.4. The third-order valence-corrected chi connectivity index (χ3v) is 3.86. The quantitative estimate of drug-likeness (QED) is 0.856. The first-order valence-electron chi connectivity index (χ1n) is 7.41. The second-order valence-electron chi connectivity index (χ2n) is 5.38. The Bertz CT molecular complexity index is 386. The average Bonchev–Trinajstić information content (AvgIpc) is 2.46. The molecule has 0 aromatic heterocycles. The maximum absolute atomic E-state index is 5.59. The van der Waals surface area contributed by atoms with Crippen LogP contribution in [0.25, 0.3) is 0 Å². The fraction of sp³-hybridized carbons (Fsp3) is 0.625. The molecule has 1 aromatic carbocycles. The van der Waals surface area contributed by atoms with E-state index >= 15 is 0 Å². The molecule has 2 N–H and O–H groups in total. The summed E-state index contributed by atoms with van der Waals surface area (Å²) in [5.74, 6) is 1.02.